The van der Waals surface area contributed by atoms with E-state index >= 15 is 0 Å². The average Bonchev–Trinajstić information content (AvgIpc) is 1.69. The fraction of sp³-hybridized carbons (Fsp3) is 0. The van der Waals surface area contributed by atoms with E-state index in [1.807, 2.05) is 18.2 Å². The minimum absolute atomic E-state index is 0. The topological polar surface area (TPSA) is 23.8 Å². The van der Waals surface area contributed by atoms with Gasteiger partial charge in [0, 0.05) is 0 Å². The Labute approximate surface area is 120 Å². The van der Waals surface area contributed by atoms with Gasteiger partial charge in [-0.05, 0) is 0 Å². The summed E-state index contributed by atoms with van der Waals surface area (Å²) in [6, 6.07) is 9.10. The SMILES string of the molecule is [Br-].[Br-].[Mg+2].[Mg+2].[NH-]c1ccccc1. The third-order valence-electron chi connectivity index (χ3n) is 0.774. The summed E-state index contributed by atoms with van der Waals surface area (Å²) < 4.78 is 0. The molecule has 1 N–H and O–H groups in total. The minimum Gasteiger partial charge on any atom is -1.00 e. The Morgan fingerprint density at radius 3 is 1.36 bits per heavy atom. The van der Waals surface area contributed by atoms with Crippen LogP contribution < -0.4 is 34.0 Å². The maximum atomic E-state index is 7.00. The molecule has 5 heteroatoms. The van der Waals surface area contributed by atoms with Crippen molar-refractivity contribution in [2.24, 2.45) is 0 Å². The number of halogens is 2. The number of rotatable bonds is 0. The summed E-state index contributed by atoms with van der Waals surface area (Å²) in [5.74, 6) is 0. The van der Waals surface area contributed by atoms with Crippen LogP contribution in [0.1, 0.15) is 0 Å². The quantitative estimate of drug-likeness (QED) is 0.432. The molecule has 11 heavy (non-hydrogen) atoms. The normalized spacial score (nSPS) is 5.45. The van der Waals surface area contributed by atoms with Crippen LogP contribution in [-0.2, 0) is 0 Å². The van der Waals surface area contributed by atoms with E-state index in [0.717, 1.165) is 0 Å². The van der Waals surface area contributed by atoms with Gasteiger partial charge in [0.2, 0.25) is 0 Å². The number of nitrogens with one attached hydrogen (secondary N) is 1. The monoisotopic (exact) mass is 298 g/mol. The van der Waals surface area contributed by atoms with E-state index in [1.54, 1.807) is 12.1 Å². The first-order valence-corrected chi connectivity index (χ1v) is 2.16. The van der Waals surface area contributed by atoms with Crippen LogP contribution in [0, 0.1) is 0 Å². The summed E-state index contributed by atoms with van der Waals surface area (Å²) in [5.41, 5.74) is 7.57. The molecule has 0 saturated carbocycles. The Morgan fingerprint density at radius 2 is 1.18 bits per heavy atom. The molecular weight excluding hydrogens is 294 g/mol. The summed E-state index contributed by atoms with van der Waals surface area (Å²) >= 11 is 0. The van der Waals surface area contributed by atoms with E-state index in [4.69, 9.17) is 5.73 Å². The molecule has 1 aromatic carbocycles. The van der Waals surface area contributed by atoms with Gasteiger partial charge in [-0.15, -0.1) is 5.69 Å². The van der Waals surface area contributed by atoms with E-state index in [2.05, 4.69) is 0 Å². The van der Waals surface area contributed by atoms with Gasteiger partial charge >= 0.3 is 46.1 Å². The molecule has 0 atom stereocenters. The largest absolute Gasteiger partial charge is 2.00 e. The van der Waals surface area contributed by atoms with Gasteiger partial charge in [0.15, 0.2) is 0 Å². The molecule has 1 nitrogen and oxygen atoms in total. The van der Waals surface area contributed by atoms with Gasteiger partial charge in [0.25, 0.3) is 0 Å². The summed E-state index contributed by atoms with van der Waals surface area (Å²) in [4.78, 5) is 0. The van der Waals surface area contributed by atoms with Gasteiger partial charge in [-0.3, -0.25) is 0 Å². The number of hydrogen-bond acceptors (Lipinski definition) is 0. The number of benzene rings is 1. The van der Waals surface area contributed by atoms with Gasteiger partial charge in [-0.2, -0.15) is 0 Å². The van der Waals surface area contributed by atoms with Crippen molar-refractivity contribution in [3.8, 4) is 0 Å². The van der Waals surface area contributed by atoms with Crippen molar-refractivity contribution in [3.63, 3.8) is 0 Å². The van der Waals surface area contributed by atoms with Gasteiger partial charge in [-0.1, -0.05) is 30.3 Å². The van der Waals surface area contributed by atoms with Crippen LogP contribution in [0.15, 0.2) is 30.3 Å². The van der Waals surface area contributed by atoms with Crippen LogP contribution in [0.4, 0.5) is 5.69 Å². The molecule has 0 spiro atoms. The molecule has 0 bridgehead atoms. The molecule has 0 heterocycles. The first-order chi connectivity index (χ1) is 3.39. The van der Waals surface area contributed by atoms with Crippen LogP contribution >= 0.6 is 0 Å². The maximum absolute atomic E-state index is 7.00. The second-order valence-corrected chi connectivity index (χ2v) is 1.37. The molecule has 0 saturated heterocycles. The van der Waals surface area contributed by atoms with Crippen LogP contribution in [0.5, 0.6) is 0 Å². The summed E-state index contributed by atoms with van der Waals surface area (Å²) in [7, 11) is 0. The van der Waals surface area contributed by atoms with Crippen LogP contribution in [0.2, 0.25) is 0 Å². The van der Waals surface area contributed by atoms with Gasteiger partial charge in [0.05, 0.1) is 0 Å². The zero-order valence-corrected chi connectivity index (χ0v) is 12.1. The molecule has 52 valence electrons. The molecule has 1 aromatic rings. The molecule has 1 rings (SSSR count). The Balaban J connectivity index is -0.0000000612. The predicted octanol–water partition coefficient (Wildman–Crippen LogP) is -4.38. The number of hydrogen-bond donors (Lipinski definition) is 0. The third kappa shape index (κ3) is 11.5. The molecule has 0 radical (unpaired) electrons. The standard InChI is InChI=1S/C6H6N.2BrH.2Mg/c7-6-4-2-1-3-5-6;;;;/h1-5,7H;2*1H;;/q-1;;;2*+2/p-2. The molecule has 0 fully saturated rings. The molecule has 0 unspecified atom stereocenters. The van der Waals surface area contributed by atoms with Crippen molar-refractivity contribution in [1.29, 1.82) is 0 Å². The van der Waals surface area contributed by atoms with Crippen molar-refractivity contribution in [2.45, 2.75) is 0 Å². The third-order valence-corrected chi connectivity index (χ3v) is 0.774. The maximum Gasteiger partial charge on any atom is 2.00 e. The van der Waals surface area contributed by atoms with Crippen molar-refractivity contribution < 1.29 is 34.0 Å². The Hall–Kier alpha value is 1.51. The molecule has 0 aliphatic rings. The van der Waals surface area contributed by atoms with E-state index in [-0.39, 0.29) is 80.1 Å². The summed E-state index contributed by atoms with van der Waals surface area (Å²) in [6.45, 7) is 0. The Kier molecular flexibility index (Phi) is 29.3. The molecule has 0 aromatic heterocycles. The van der Waals surface area contributed by atoms with Gasteiger partial charge < -0.3 is 39.7 Å². The van der Waals surface area contributed by atoms with E-state index in [0.29, 0.717) is 5.69 Å². The van der Waals surface area contributed by atoms with Crippen molar-refractivity contribution in [3.05, 3.63) is 36.1 Å². The zero-order chi connectivity index (χ0) is 5.11. The summed E-state index contributed by atoms with van der Waals surface area (Å²) in [6.07, 6.45) is 0. The van der Waals surface area contributed by atoms with Crippen LogP contribution in [-0.4, -0.2) is 46.1 Å². The van der Waals surface area contributed by atoms with E-state index < -0.39 is 0 Å². The van der Waals surface area contributed by atoms with Crippen molar-refractivity contribution >= 4 is 51.8 Å². The van der Waals surface area contributed by atoms with Gasteiger partial charge in [-0.25, -0.2) is 0 Å². The Morgan fingerprint density at radius 1 is 0.818 bits per heavy atom. The second-order valence-electron chi connectivity index (χ2n) is 1.37. The Bertz CT molecular complexity index is 149. The second kappa shape index (κ2) is 14.1. The molecular formula is C6H6Br2Mg2N+. The smallest absolute Gasteiger partial charge is 1.00 e. The molecule has 0 amide bonds. The molecule has 0 aliphatic heterocycles. The predicted molar refractivity (Wildman–Crippen MR) is 41.9 cm³/mol. The van der Waals surface area contributed by atoms with Crippen LogP contribution in [0.25, 0.3) is 5.73 Å². The first kappa shape index (κ1) is 22.9. The first-order valence-electron chi connectivity index (χ1n) is 2.16. The van der Waals surface area contributed by atoms with Crippen molar-refractivity contribution in [2.75, 3.05) is 0 Å². The van der Waals surface area contributed by atoms with E-state index in [1.165, 1.54) is 0 Å². The molecule has 0 aliphatic carbocycles. The van der Waals surface area contributed by atoms with Crippen LogP contribution in [0.3, 0.4) is 0 Å². The van der Waals surface area contributed by atoms with Crippen molar-refractivity contribution in [1.82, 2.24) is 0 Å². The van der Waals surface area contributed by atoms with E-state index in [9.17, 15) is 0 Å². The average molecular weight is 301 g/mol. The summed E-state index contributed by atoms with van der Waals surface area (Å²) in [5, 5.41) is 0. The zero-order valence-electron chi connectivity index (χ0n) is 6.06. The fourth-order valence-corrected chi connectivity index (χ4v) is 0.438. The fourth-order valence-electron chi connectivity index (χ4n) is 0.438. The van der Waals surface area contributed by atoms with Gasteiger partial charge in [0.1, 0.15) is 0 Å². The minimum atomic E-state index is 0.